The highest BCUT2D eigenvalue weighted by Gasteiger charge is 2.21. The van der Waals surface area contributed by atoms with Gasteiger partial charge in [-0.3, -0.25) is 4.98 Å². The minimum atomic E-state index is -1.01. The Balaban J connectivity index is 0.000000178. The number of carbonyl (C=O) groups is 2. The van der Waals surface area contributed by atoms with Crippen molar-refractivity contribution in [3.05, 3.63) is 69.3 Å². The summed E-state index contributed by atoms with van der Waals surface area (Å²) in [4.78, 5) is 26.5. The summed E-state index contributed by atoms with van der Waals surface area (Å²) in [6, 6.07) is 12.2. The van der Waals surface area contributed by atoms with Crippen LogP contribution in [-0.4, -0.2) is 27.1 Å². The van der Waals surface area contributed by atoms with Crippen molar-refractivity contribution in [3.8, 4) is 0 Å². The third kappa shape index (κ3) is 4.14. The van der Waals surface area contributed by atoms with Gasteiger partial charge in [0.2, 0.25) is 0 Å². The Morgan fingerprint density at radius 1 is 1.00 bits per heavy atom. The molecule has 1 heterocycles. The Labute approximate surface area is 170 Å². The second kappa shape index (κ2) is 8.39. The zero-order valence-corrected chi connectivity index (χ0v) is 16.6. The van der Waals surface area contributed by atoms with E-state index in [1.165, 1.54) is 6.07 Å². The molecule has 0 saturated heterocycles. The number of rotatable bonds is 2. The van der Waals surface area contributed by atoms with Crippen LogP contribution in [0, 0.1) is 0 Å². The Hall–Kier alpha value is -2.93. The fourth-order valence-electron chi connectivity index (χ4n) is 3.33. The summed E-state index contributed by atoms with van der Waals surface area (Å²) in [5.74, 6) is -1.84. The van der Waals surface area contributed by atoms with E-state index in [-0.39, 0.29) is 11.3 Å². The summed E-state index contributed by atoms with van der Waals surface area (Å²) in [7, 11) is 0. The van der Waals surface area contributed by atoms with Crippen molar-refractivity contribution < 1.29 is 19.8 Å². The van der Waals surface area contributed by atoms with E-state index >= 15 is 0 Å². The highest BCUT2D eigenvalue weighted by atomic mass is 79.9. The van der Waals surface area contributed by atoms with Gasteiger partial charge in [0.25, 0.3) is 0 Å². The standard InChI is InChI=1S/C14H13NO2.C7H6BrNO2/c16-14(17)13-9-5-1-3-7-11(9)15-12-8-4-2-6-10(12)13;8-4-1-2-6(9)5(3-4)7(10)11/h1,3,5,7H,2,4,6,8H2,(H,16,17);1-3H,9H2,(H,10,11). The first-order valence-corrected chi connectivity index (χ1v) is 9.60. The van der Waals surface area contributed by atoms with Gasteiger partial charge in [-0.05, 0) is 55.5 Å². The first kappa shape index (κ1) is 19.8. The fourth-order valence-corrected chi connectivity index (χ4v) is 3.69. The van der Waals surface area contributed by atoms with Crippen LogP contribution in [0.4, 0.5) is 5.69 Å². The van der Waals surface area contributed by atoms with Crippen LogP contribution in [-0.2, 0) is 12.8 Å². The molecule has 0 spiro atoms. The number of nitrogen functional groups attached to an aromatic ring is 1. The molecule has 0 radical (unpaired) electrons. The predicted molar refractivity (Wildman–Crippen MR) is 111 cm³/mol. The third-order valence-corrected chi connectivity index (χ3v) is 5.12. The Morgan fingerprint density at radius 2 is 1.71 bits per heavy atom. The molecular weight excluding hydrogens is 424 g/mol. The van der Waals surface area contributed by atoms with Gasteiger partial charge < -0.3 is 15.9 Å². The molecule has 0 unspecified atom stereocenters. The third-order valence-electron chi connectivity index (χ3n) is 4.63. The molecule has 0 atom stereocenters. The van der Waals surface area contributed by atoms with Gasteiger partial charge in [0.1, 0.15) is 0 Å². The fraction of sp³-hybridized carbons (Fsp3) is 0.190. The molecule has 0 aliphatic heterocycles. The number of aromatic carboxylic acids is 2. The zero-order chi connectivity index (χ0) is 20.3. The highest BCUT2D eigenvalue weighted by Crippen LogP contribution is 2.29. The van der Waals surface area contributed by atoms with Crippen molar-refractivity contribution in [2.24, 2.45) is 0 Å². The lowest BCUT2D eigenvalue weighted by molar-refractivity contribution is 0.0686. The van der Waals surface area contributed by atoms with E-state index < -0.39 is 11.9 Å². The molecule has 7 heteroatoms. The van der Waals surface area contributed by atoms with E-state index in [1.807, 2.05) is 24.3 Å². The van der Waals surface area contributed by atoms with Crippen LogP contribution in [0.15, 0.2) is 46.9 Å². The average Bonchev–Trinajstić information content (AvgIpc) is 2.68. The molecule has 0 saturated carbocycles. The Morgan fingerprint density at radius 3 is 2.39 bits per heavy atom. The van der Waals surface area contributed by atoms with Gasteiger partial charge in [0.05, 0.1) is 16.6 Å². The molecule has 3 aromatic rings. The molecule has 28 heavy (non-hydrogen) atoms. The minimum absolute atomic E-state index is 0.124. The molecule has 1 aliphatic carbocycles. The number of carboxylic acids is 2. The van der Waals surface area contributed by atoms with Crippen molar-refractivity contribution in [2.75, 3.05) is 5.73 Å². The summed E-state index contributed by atoms with van der Waals surface area (Å²) in [6.45, 7) is 0. The molecule has 0 bridgehead atoms. The number of hydrogen-bond acceptors (Lipinski definition) is 4. The minimum Gasteiger partial charge on any atom is -0.478 e. The van der Waals surface area contributed by atoms with Crippen molar-refractivity contribution in [2.45, 2.75) is 25.7 Å². The molecule has 4 rings (SSSR count). The van der Waals surface area contributed by atoms with E-state index in [9.17, 15) is 14.7 Å². The maximum absolute atomic E-state index is 11.5. The van der Waals surface area contributed by atoms with E-state index in [1.54, 1.807) is 12.1 Å². The Bertz CT molecular complexity index is 1070. The molecule has 2 aromatic carbocycles. The zero-order valence-electron chi connectivity index (χ0n) is 15.0. The summed E-state index contributed by atoms with van der Waals surface area (Å²) >= 11 is 3.15. The summed E-state index contributed by atoms with van der Waals surface area (Å²) in [6.07, 6.45) is 3.92. The number of para-hydroxylation sites is 1. The van der Waals surface area contributed by atoms with Gasteiger partial charge in [0.15, 0.2) is 0 Å². The number of nitrogens with zero attached hydrogens (tertiary/aromatic N) is 1. The van der Waals surface area contributed by atoms with Crippen LogP contribution >= 0.6 is 15.9 Å². The van der Waals surface area contributed by atoms with E-state index in [4.69, 9.17) is 10.8 Å². The largest absolute Gasteiger partial charge is 0.478 e. The maximum atomic E-state index is 11.5. The van der Waals surface area contributed by atoms with Gasteiger partial charge in [-0.15, -0.1) is 0 Å². The lowest BCUT2D eigenvalue weighted by Crippen LogP contribution is -2.13. The smallest absolute Gasteiger partial charge is 0.337 e. The van der Waals surface area contributed by atoms with E-state index in [0.717, 1.165) is 47.8 Å². The topological polar surface area (TPSA) is 114 Å². The number of carboxylic acid groups (broad SMARTS) is 2. The first-order valence-electron chi connectivity index (χ1n) is 8.80. The summed E-state index contributed by atoms with van der Waals surface area (Å²) < 4.78 is 0.712. The molecule has 0 amide bonds. The lowest BCUT2D eigenvalue weighted by atomic mass is 9.90. The van der Waals surface area contributed by atoms with Crippen LogP contribution in [0.25, 0.3) is 10.9 Å². The lowest BCUT2D eigenvalue weighted by Gasteiger charge is -2.18. The monoisotopic (exact) mass is 442 g/mol. The number of nitrogens with two attached hydrogens (primary N) is 1. The van der Waals surface area contributed by atoms with Crippen molar-refractivity contribution in [1.29, 1.82) is 0 Å². The average molecular weight is 443 g/mol. The molecule has 0 fully saturated rings. The van der Waals surface area contributed by atoms with E-state index in [0.29, 0.717) is 10.0 Å². The number of halogens is 1. The quantitative estimate of drug-likeness (QED) is 0.501. The van der Waals surface area contributed by atoms with Crippen molar-refractivity contribution >= 4 is 44.5 Å². The molecule has 6 nitrogen and oxygen atoms in total. The van der Waals surface area contributed by atoms with Crippen LogP contribution in [0.2, 0.25) is 0 Å². The molecule has 144 valence electrons. The number of benzene rings is 2. The van der Waals surface area contributed by atoms with Gasteiger partial charge in [-0.25, -0.2) is 9.59 Å². The second-order valence-electron chi connectivity index (χ2n) is 6.48. The number of fused-ring (bicyclic) bond motifs is 2. The van der Waals surface area contributed by atoms with Gasteiger partial charge in [0, 0.05) is 21.2 Å². The van der Waals surface area contributed by atoms with Crippen LogP contribution < -0.4 is 5.73 Å². The molecule has 1 aliphatic rings. The Kier molecular flexibility index (Phi) is 5.94. The highest BCUT2D eigenvalue weighted by molar-refractivity contribution is 9.10. The molecular formula is C21H19BrN2O4. The number of pyridine rings is 1. The first-order chi connectivity index (χ1) is 13.4. The number of aromatic nitrogens is 1. The number of hydrogen-bond donors (Lipinski definition) is 3. The molecule has 1 aromatic heterocycles. The summed E-state index contributed by atoms with van der Waals surface area (Å²) in [5, 5.41) is 18.8. The number of aryl methyl sites for hydroxylation is 1. The predicted octanol–water partition coefficient (Wildman–Crippen LogP) is 4.54. The van der Waals surface area contributed by atoms with E-state index in [2.05, 4.69) is 20.9 Å². The number of anilines is 1. The second-order valence-corrected chi connectivity index (χ2v) is 7.39. The SMILES string of the molecule is Nc1ccc(Br)cc1C(=O)O.O=C(O)c1c2c(nc3ccccc13)CCCC2. The van der Waals surface area contributed by atoms with Crippen LogP contribution in [0.5, 0.6) is 0 Å². The molecule has 4 N–H and O–H groups in total. The van der Waals surface area contributed by atoms with Crippen LogP contribution in [0.3, 0.4) is 0 Å². The van der Waals surface area contributed by atoms with Crippen molar-refractivity contribution in [3.63, 3.8) is 0 Å². The maximum Gasteiger partial charge on any atom is 0.337 e. The van der Waals surface area contributed by atoms with Gasteiger partial charge in [-0.2, -0.15) is 0 Å². The van der Waals surface area contributed by atoms with Crippen molar-refractivity contribution in [1.82, 2.24) is 4.98 Å². The van der Waals surface area contributed by atoms with Gasteiger partial charge in [-0.1, -0.05) is 34.1 Å². The van der Waals surface area contributed by atoms with Crippen LogP contribution in [0.1, 0.15) is 44.8 Å². The normalized spacial score (nSPS) is 12.6. The summed E-state index contributed by atoms with van der Waals surface area (Å²) in [5.41, 5.74) is 8.98. The van der Waals surface area contributed by atoms with Gasteiger partial charge >= 0.3 is 11.9 Å².